The van der Waals surface area contributed by atoms with Crippen LogP contribution in [0, 0.1) is 11.8 Å². The Labute approximate surface area is 307 Å². The van der Waals surface area contributed by atoms with E-state index in [4.69, 9.17) is 0 Å². The van der Waals surface area contributed by atoms with Crippen LogP contribution in [0.4, 0.5) is 17.1 Å². The van der Waals surface area contributed by atoms with Crippen LogP contribution < -0.4 is 4.90 Å². The lowest BCUT2D eigenvalue weighted by Crippen LogP contribution is -2.10. The molecular weight excluding hydrogens is 629 g/mol. The number of para-hydroxylation sites is 1. The van der Waals surface area contributed by atoms with Crippen LogP contribution in [0.15, 0.2) is 182 Å². The minimum atomic E-state index is 0.531. The molecule has 1 aromatic heterocycles. The number of nitrogens with zero attached hydrogens (tertiary/aromatic N) is 2. The molecular formula is C50H42N2. The first kappa shape index (κ1) is 31.8. The number of aromatic nitrogens is 1. The number of fused-ring (bicyclic) bond motifs is 3. The van der Waals surface area contributed by atoms with E-state index >= 15 is 0 Å². The van der Waals surface area contributed by atoms with E-state index in [1.165, 1.54) is 60.9 Å². The predicted octanol–water partition coefficient (Wildman–Crippen LogP) is 14.0. The molecule has 2 atom stereocenters. The van der Waals surface area contributed by atoms with Crippen molar-refractivity contribution >= 4 is 50.1 Å². The molecule has 2 heteroatoms. The first-order chi connectivity index (χ1) is 25.6. The van der Waals surface area contributed by atoms with Gasteiger partial charge in [-0.15, -0.1) is 0 Å². The van der Waals surface area contributed by atoms with Crippen molar-refractivity contribution in [2.75, 3.05) is 4.90 Å². The summed E-state index contributed by atoms with van der Waals surface area (Å²) >= 11 is 0. The van der Waals surface area contributed by atoms with Gasteiger partial charge in [0.1, 0.15) is 0 Å². The van der Waals surface area contributed by atoms with Crippen molar-refractivity contribution in [3.63, 3.8) is 0 Å². The Bertz CT molecular complexity index is 2510. The van der Waals surface area contributed by atoms with Gasteiger partial charge in [-0.1, -0.05) is 135 Å². The van der Waals surface area contributed by atoms with E-state index < -0.39 is 0 Å². The summed E-state index contributed by atoms with van der Waals surface area (Å²) in [5.74, 6) is 1.09. The molecule has 0 saturated heterocycles. The summed E-state index contributed by atoms with van der Waals surface area (Å²) in [7, 11) is 0. The van der Waals surface area contributed by atoms with Gasteiger partial charge in [0.05, 0.1) is 11.0 Å². The molecule has 0 radical (unpaired) electrons. The fraction of sp³-hybridized carbons (Fsp3) is 0.120. The van der Waals surface area contributed by atoms with Crippen molar-refractivity contribution in [1.82, 2.24) is 4.57 Å². The first-order valence-electron chi connectivity index (χ1n) is 18.5. The van der Waals surface area contributed by atoms with Gasteiger partial charge in [0.25, 0.3) is 0 Å². The molecule has 0 N–H and O–H groups in total. The summed E-state index contributed by atoms with van der Waals surface area (Å²) in [6, 6.07) is 53.4. The average molecular weight is 671 g/mol. The lowest BCUT2D eigenvalue weighted by atomic mass is 9.93. The minimum absolute atomic E-state index is 0.531. The average Bonchev–Trinajstić information content (AvgIpc) is 3.53. The van der Waals surface area contributed by atoms with Crippen LogP contribution in [0.2, 0.25) is 0 Å². The van der Waals surface area contributed by atoms with Crippen LogP contribution in [-0.4, -0.2) is 4.57 Å². The Morgan fingerprint density at radius 1 is 0.538 bits per heavy atom. The first-order valence-corrected chi connectivity index (χ1v) is 18.5. The number of hydrogen-bond donors (Lipinski definition) is 0. The van der Waals surface area contributed by atoms with Gasteiger partial charge in [-0.2, -0.15) is 0 Å². The van der Waals surface area contributed by atoms with Crippen LogP contribution >= 0.6 is 0 Å². The Morgan fingerprint density at radius 2 is 1.12 bits per heavy atom. The molecule has 0 spiro atoms. The molecule has 1 heterocycles. The topological polar surface area (TPSA) is 8.17 Å². The maximum absolute atomic E-state index is 2.46. The number of rotatable bonds is 7. The molecule has 0 aliphatic heterocycles. The Kier molecular flexibility index (Phi) is 8.29. The molecule has 0 amide bonds. The smallest absolute Gasteiger partial charge is 0.0538 e. The van der Waals surface area contributed by atoms with E-state index in [0.717, 1.165) is 29.9 Å². The molecule has 9 rings (SSSR count). The van der Waals surface area contributed by atoms with Gasteiger partial charge in [-0.3, -0.25) is 0 Å². The zero-order valence-electron chi connectivity index (χ0n) is 29.8. The number of anilines is 3. The predicted molar refractivity (Wildman–Crippen MR) is 223 cm³/mol. The summed E-state index contributed by atoms with van der Waals surface area (Å²) in [6.07, 6.45) is 15.9. The van der Waals surface area contributed by atoms with E-state index in [1.54, 1.807) is 0 Å². The van der Waals surface area contributed by atoms with Crippen LogP contribution in [-0.2, 0) is 0 Å². The summed E-state index contributed by atoms with van der Waals surface area (Å²) in [5, 5.41) is 2.58. The zero-order valence-corrected chi connectivity index (χ0v) is 29.8. The standard InChI is InChI=1S/C50H42N2/c1-35-10-8-14-41(32-35)39-20-27-44(28-21-39)51(43-25-18-38(19-26-43)37-12-4-3-5-13-37)45-29-22-40(23-30-45)42-24-31-50-48(34-42)47-16-6-7-17-49(47)52(50)46-15-9-11-36(2)33-46/h3-9,11-32,34-36H,10,33H2,1-2H3. The van der Waals surface area contributed by atoms with Crippen molar-refractivity contribution < 1.29 is 0 Å². The van der Waals surface area contributed by atoms with E-state index in [9.17, 15) is 0 Å². The molecule has 2 unspecified atom stereocenters. The maximum atomic E-state index is 2.46. The van der Waals surface area contributed by atoms with Crippen molar-refractivity contribution in [1.29, 1.82) is 0 Å². The Balaban J connectivity index is 1.09. The van der Waals surface area contributed by atoms with Crippen LogP contribution in [0.3, 0.4) is 0 Å². The second-order valence-corrected chi connectivity index (χ2v) is 14.4. The van der Waals surface area contributed by atoms with Gasteiger partial charge in [-0.25, -0.2) is 0 Å². The quantitative estimate of drug-likeness (QED) is 0.164. The molecule has 0 fully saturated rings. The van der Waals surface area contributed by atoms with E-state index in [-0.39, 0.29) is 0 Å². The molecule has 6 aromatic carbocycles. The molecule has 2 aliphatic rings. The third-order valence-electron chi connectivity index (χ3n) is 10.6. The fourth-order valence-corrected chi connectivity index (χ4v) is 7.97. The highest BCUT2D eigenvalue weighted by molar-refractivity contribution is 6.11. The molecule has 0 saturated carbocycles. The monoisotopic (exact) mass is 670 g/mol. The van der Waals surface area contributed by atoms with Gasteiger partial charge in [0, 0.05) is 33.5 Å². The van der Waals surface area contributed by atoms with Crippen LogP contribution in [0.25, 0.3) is 55.3 Å². The number of benzene rings is 6. The normalized spacial score (nSPS) is 17.0. The van der Waals surface area contributed by atoms with Gasteiger partial charge in [0.15, 0.2) is 0 Å². The molecule has 2 nitrogen and oxygen atoms in total. The largest absolute Gasteiger partial charge is 0.313 e. The Hall–Kier alpha value is -6.12. The fourth-order valence-electron chi connectivity index (χ4n) is 7.97. The van der Waals surface area contributed by atoms with Crippen LogP contribution in [0.1, 0.15) is 32.3 Å². The van der Waals surface area contributed by atoms with Gasteiger partial charge < -0.3 is 9.47 Å². The lowest BCUT2D eigenvalue weighted by molar-refractivity contribution is 0.730. The van der Waals surface area contributed by atoms with Crippen molar-refractivity contribution in [2.45, 2.75) is 26.7 Å². The van der Waals surface area contributed by atoms with Crippen molar-refractivity contribution in [2.24, 2.45) is 11.8 Å². The molecule has 7 aromatic rings. The molecule has 0 bridgehead atoms. The molecule has 2 aliphatic carbocycles. The van der Waals surface area contributed by atoms with Gasteiger partial charge >= 0.3 is 0 Å². The van der Waals surface area contributed by atoms with Crippen molar-refractivity contribution in [3.8, 4) is 22.3 Å². The van der Waals surface area contributed by atoms with Crippen molar-refractivity contribution in [3.05, 3.63) is 188 Å². The van der Waals surface area contributed by atoms with E-state index in [2.05, 4.69) is 205 Å². The van der Waals surface area contributed by atoms with Gasteiger partial charge in [0.2, 0.25) is 0 Å². The lowest BCUT2D eigenvalue weighted by Gasteiger charge is -2.26. The summed E-state index contributed by atoms with van der Waals surface area (Å²) < 4.78 is 2.46. The third kappa shape index (κ3) is 6.01. The minimum Gasteiger partial charge on any atom is -0.313 e. The highest BCUT2D eigenvalue weighted by Crippen LogP contribution is 2.40. The number of allylic oxidation sites excluding steroid dienone is 8. The summed E-state index contributed by atoms with van der Waals surface area (Å²) in [5.41, 5.74) is 14.7. The van der Waals surface area contributed by atoms with E-state index in [1.807, 2.05) is 0 Å². The molecule has 52 heavy (non-hydrogen) atoms. The number of hydrogen-bond acceptors (Lipinski definition) is 1. The summed E-state index contributed by atoms with van der Waals surface area (Å²) in [4.78, 5) is 2.36. The third-order valence-corrected chi connectivity index (χ3v) is 10.6. The zero-order chi connectivity index (χ0) is 35.0. The summed E-state index contributed by atoms with van der Waals surface area (Å²) in [6.45, 7) is 4.58. The highest BCUT2D eigenvalue weighted by Gasteiger charge is 2.18. The highest BCUT2D eigenvalue weighted by atomic mass is 15.1. The second kappa shape index (κ2) is 13.5. The van der Waals surface area contributed by atoms with E-state index in [0.29, 0.717) is 11.8 Å². The Morgan fingerprint density at radius 3 is 1.79 bits per heavy atom. The second-order valence-electron chi connectivity index (χ2n) is 14.4. The van der Waals surface area contributed by atoms with Gasteiger partial charge in [-0.05, 0) is 119 Å². The maximum Gasteiger partial charge on any atom is 0.0538 e. The SMILES string of the molecule is CC1C=C(c2ccc(N(c3ccc(-c4ccccc4)cc3)c3ccc(-c4ccc5c(c4)c4ccccc4n5C4=CC=CC(C)C4)cc3)cc2)C=CC1. The van der Waals surface area contributed by atoms with Crippen LogP contribution in [0.5, 0.6) is 0 Å². The molecule has 252 valence electrons.